The number of rotatable bonds is 4. The van der Waals surface area contributed by atoms with Gasteiger partial charge in [0.05, 0.1) is 24.2 Å². The molecule has 0 bridgehead atoms. The molecule has 1 aliphatic heterocycles. The first-order valence-electron chi connectivity index (χ1n) is 8.21. The van der Waals surface area contributed by atoms with Gasteiger partial charge in [-0.1, -0.05) is 36.8 Å². The second-order valence-electron chi connectivity index (χ2n) is 6.73. The van der Waals surface area contributed by atoms with Crippen molar-refractivity contribution in [2.24, 2.45) is 5.41 Å². The third-order valence-corrected chi connectivity index (χ3v) is 5.13. The Morgan fingerprint density at radius 1 is 1.30 bits per heavy atom. The van der Waals surface area contributed by atoms with Gasteiger partial charge in [0.1, 0.15) is 0 Å². The number of amides is 1. The molecule has 0 aromatic heterocycles. The Balaban J connectivity index is 1.79. The maximum atomic E-state index is 12.8. The predicted molar refractivity (Wildman–Crippen MR) is 84.8 cm³/mol. The van der Waals surface area contributed by atoms with E-state index in [9.17, 15) is 14.7 Å². The smallest absolute Gasteiger partial charge is 0.310 e. The van der Waals surface area contributed by atoms with Crippen molar-refractivity contribution < 1.29 is 19.4 Å². The van der Waals surface area contributed by atoms with Crippen LogP contribution in [0.2, 0.25) is 0 Å². The average molecular weight is 317 g/mol. The van der Waals surface area contributed by atoms with Gasteiger partial charge < -0.3 is 14.7 Å². The van der Waals surface area contributed by atoms with Crippen LogP contribution in [-0.2, 0) is 14.3 Å². The molecule has 2 aliphatic rings. The van der Waals surface area contributed by atoms with Crippen molar-refractivity contribution in [1.29, 1.82) is 0 Å². The number of benzene rings is 1. The molecule has 124 valence electrons. The van der Waals surface area contributed by atoms with Gasteiger partial charge in [-0.2, -0.15) is 0 Å². The second kappa shape index (κ2) is 6.32. The molecule has 0 radical (unpaired) electrons. The first-order chi connectivity index (χ1) is 11.0. The van der Waals surface area contributed by atoms with Crippen molar-refractivity contribution in [2.75, 3.05) is 13.2 Å². The number of carboxylic acid groups (broad SMARTS) is 1. The minimum Gasteiger partial charge on any atom is -0.481 e. The zero-order chi connectivity index (χ0) is 16.4. The summed E-state index contributed by atoms with van der Waals surface area (Å²) in [6, 6.07) is 9.67. The number of morpholine rings is 1. The van der Waals surface area contributed by atoms with E-state index >= 15 is 0 Å². The number of hydrogen-bond acceptors (Lipinski definition) is 3. The maximum Gasteiger partial charge on any atom is 0.310 e. The summed E-state index contributed by atoms with van der Waals surface area (Å²) < 4.78 is 5.73. The van der Waals surface area contributed by atoms with Gasteiger partial charge in [-0.15, -0.1) is 0 Å². The third kappa shape index (κ3) is 3.11. The summed E-state index contributed by atoms with van der Waals surface area (Å²) >= 11 is 0. The highest BCUT2D eigenvalue weighted by Gasteiger charge is 2.47. The predicted octanol–water partition coefficient (Wildman–Crippen LogP) is 2.62. The number of carbonyl (C=O) groups is 2. The zero-order valence-electron chi connectivity index (χ0n) is 13.4. The van der Waals surface area contributed by atoms with Crippen LogP contribution >= 0.6 is 0 Å². The van der Waals surface area contributed by atoms with Crippen LogP contribution < -0.4 is 0 Å². The summed E-state index contributed by atoms with van der Waals surface area (Å²) in [5.41, 5.74) is 0.186. The molecular weight excluding hydrogens is 294 g/mol. The van der Waals surface area contributed by atoms with Crippen LogP contribution in [0.25, 0.3) is 0 Å². The molecule has 2 atom stereocenters. The Kier molecular flexibility index (Phi) is 4.39. The fourth-order valence-electron chi connectivity index (χ4n) is 3.49. The fourth-order valence-corrected chi connectivity index (χ4v) is 3.49. The number of aliphatic carboxylic acids is 1. The normalized spacial score (nSPS) is 26.4. The van der Waals surface area contributed by atoms with Crippen molar-refractivity contribution in [2.45, 2.75) is 44.8 Å². The van der Waals surface area contributed by atoms with Gasteiger partial charge in [0.2, 0.25) is 5.91 Å². The zero-order valence-corrected chi connectivity index (χ0v) is 13.4. The van der Waals surface area contributed by atoms with E-state index in [2.05, 4.69) is 0 Å². The van der Waals surface area contributed by atoms with Crippen molar-refractivity contribution >= 4 is 11.9 Å². The topological polar surface area (TPSA) is 66.8 Å². The summed E-state index contributed by atoms with van der Waals surface area (Å²) in [6.45, 7) is 2.91. The van der Waals surface area contributed by atoms with Gasteiger partial charge in [-0.3, -0.25) is 9.59 Å². The summed E-state index contributed by atoms with van der Waals surface area (Å²) in [5.74, 6) is -0.911. The number of carbonyl (C=O) groups excluding carboxylic acids is 1. The monoisotopic (exact) mass is 317 g/mol. The molecule has 1 saturated heterocycles. The highest BCUT2D eigenvalue weighted by Crippen LogP contribution is 2.45. The van der Waals surface area contributed by atoms with E-state index in [0.717, 1.165) is 12.0 Å². The maximum absolute atomic E-state index is 12.8. The highest BCUT2D eigenvalue weighted by atomic mass is 16.5. The fraction of sp³-hybridized carbons (Fsp3) is 0.556. The molecular formula is C18H23NO4. The van der Waals surface area contributed by atoms with Crippen LogP contribution in [0.1, 0.15) is 44.2 Å². The van der Waals surface area contributed by atoms with E-state index in [1.54, 1.807) is 0 Å². The Morgan fingerprint density at radius 3 is 2.57 bits per heavy atom. The first-order valence-corrected chi connectivity index (χ1v) is 8.21. The van der Waals surface area contributed by atoms with E-state index in [4.69, 9.17) is 4.74 Å². The number of hydrogen-bond donors (Lipinski definition) is 1. The molecule has 2 fully saturated rings. The lowest BCUT2D eigenvalue weighted by atomic mass is 9.66. The van der Waals surface area contributed by atoms with Crippen LogP contribution in [0.5, 0.6) is 0 Å². The SMILES string of the molecule is CC1CN(C(=O)CC2(C(=O)O)CCC2)C(c2ccccc2)CO1. The lowest BCUT2D eigenvalue weighted by molar-refractivity contribution is -0.163. The largest absolute Gasteiger partial charge is 0.481 e. The second-order valence-corrected chi connectivity index (χ2v) is 6.73. The molecule has 1 N–H and O–H groups in total. The molecule has 1 aliphatic carbocycles. The van der Waals surface area contributed by atoms with Crippen LogP contribution in [0.3, 0.4) is 0 Å². The molecule has 1 saturated carbocycles. The van der Waals surface area contributed by atoms with Gasteiger partial charge >= 0.3 is 5.97 Å². The van der Waals surface area contributed by atoms with Crippen LogP contribution in [0.4, 0.5) is 0 Å². The summed E-state index contributed by atoms with van der Waals surface area (Å²) in [4.78, 5) is 26.2. The van der Waals surface area contributed by atoms with Gasteiger partial charge in [-0.05, 0) is 25.3 Å². The van der Waals surface area contributed by atoms with Crippen molar-refractivity contribution in [3.8, 4) is 0 Å². The minimum atomic E-state index is -0.847. The number of nitrogens with zero attached hydrogens (tertiary/aromatic N) is 1. The lowest BCUT2D eigenvalue weighted by Crippen LogP contribution is -2.50. The van der Waals surface area contributed by atoms with E-state index in [1.807, 2.05) is 42.2 Å². The standard InChI is InChI=1S/C18H23NO4/c1-13-11-19(15(12-23-13)14-6-3-2-4-7-14)16(20)10-18(17(21)22)8-5-9-18/h2-4,6-7,13,15H,5,8-12H2,1H3,(H,21,22). The molecule has 5 nitrogen and oxygen atoms in total. The quantitative estimate of drug-likeness (QED) is 0.927. The third-order valence-electron chi connectivity index (χ3n) is 5.13. The van der Waals surface area contributed by atoms with E-state index in [0.29, 0.717) is 26.0 Å². The molecule has 2 unspecified atom stereocenters. The van der Waals surface area contributed by atoms with Crippen LogP contribution in [-0.4, -0.2) is 41.1 Å². The van der Waals surface area contributed by atoms with Gasteiger partial charge in [0.25, 0.3) is 0 Å². The summed E-state index contributed by atoms with van der Waals surface area (Å²) in [7, 11) is 0. The number of ether oxygens (including phenoxy) is 1. The lowest BCUT2D eigenvalue weighted by Gasteiger charge is -2.43. The van der Waals surface area contributed by atoms with Gasteiger partial charge in [0.15, 0.2) is 0 Å². The molecule has 5 heteroatoms. The molecule has 23 heavy (non-hydrogen) atoms. The Bertz CT molecular complexity index is 582. The summed E-state index contributed by atoms with van der Waals surface area (Å²) in [5, 5.41) is 9.47. The van der Waals surface area contributed by atoms with Crippen molar-refractivity contribution in [3.05, 3.63) is 35.9 Å². The highest BCUT2D eigenvalue weighted by molar-refractivity contribution is 5.86. The molecule has 1 aromatic carbocycles. The Morgan fingerprint density at radius 2 is 2.00 bits per heavy atom. The molecule has 1 aromatic rings. The van der Waals surface area contributed by atoms with Crippen molar-refractivity contribution in [1.82, 2.24) is 4.90 Å². The Hall–Kier alpha value is -1.88. The first kappa shape index (κ1) is 16.0. The molecule has 3 rings (SSSR count). The number of carboxylic acids is 1. The average Bonchev–Trinajstić information content (AvgIpc) is 2.51. The van der Waals surface area contributed by atoms with Crippen LogP contribution in [0.15, 0.2) is 30.3 Å². The van der Waals surface area contributed by atoms with Crippen molar-refractivity contribution in [3.63, 3.8) is 0 Å². The summed E-state index contributed by atoms with van der Waals surface area (Å²) in [6.07, 6.45) is 2.16. The van der Waals surface area contributed by atoms with E-state index < -0.39 is 11.4 Å². The van der Waals surface area contributed by atoms with Crippen LogP contribution in [0, 0.1) is 5.41 Å². The minimum absolute atomic E-state index is 0.0268. The molecule has 1 amide bonds. The van der Waals surface area contributed by atoms with E-state index in [1.165, 1.54) is 0 Å². The molecule has 0 spiro atoms. The Labute approximate surface area is 136 Å². The van der Waals surface area contributed by atoms with Gasteiger partial charge in [0, 0.05) is 13.0 Å². The van der Waals surface area contributed by atoms with E-state index in [-0.39, 0.29) is 24.5 Å². The van der Waals surface area contributed by atoms with Gasteiger partial charge in [-0.25, -0.2) is 0 Å². The molecule has 1 heterocycles.